The summed E-state index contributed by atoms with van der Waals surface area (Å²) < 4.78 is 10.3. The first-order valence-corrected chi connectivity index (χ1v) is 10.3. The second-order valence-corrected chi connectivity index (χ2v) is 9.36. The van der Waals surface area contributed by atoms with Gasteiger partial charge in [-0.3, -0.25) is 4.79 Å². The maximum atomic E-state index is 12.3. The number of aryl methyl sites for hydroxylation is 1. The molecule has 1 saturated heterocycles. The molecule has 0 unspecified atom stereocenters. The van der Waals surface area contributed by atoms with Crippen LogP contribution < -0.4 is 34.5 Å². The van der Waals surface area contributed by atoms with Crippen LogP contribution in [0.4, 0.5) is 10.5 Å². The van der Waals surface area contributed by atoms with E-state index in [4.69, 9.17) is 9.47 Å². The van der Waals surface area contributed by atoms with E-state index in [-0.39, 0.29) is 48.9 Å². The number of piperidine rings is 1. The quantitative estimate of drug-likeness (QED) is 0.521. The summed E-state index contributed by atoms with van der Waals surface area (Å²) in [5, 5.41) is 0. The molecule has 1 aromatic rings. The SMILES string of the molecule is COC(=O)c1sc(C)cc1N(CC1CCN(C(=O)OC(C)(C)C)CC1)C(C)=O.[H-].[Na+]. The Hall–Kier alpha value is -1.09. The van der Waals surface area contributed by atoms with Gasteiger partial charge in [0, 0.05) is 31.4 Å². The fraction of sp³-hybridized carbons (Fsp3) is 0.650. The van der Waals surface area contributed by atoms with E-state index in [0.29, 0.717) is 30.2 Å². The summed E-state index contributed by atoms with van der Waals surface area (Å²) in [6.45, 7) is 10.7. The molecule has 0 saturated carbocycles. The van der Waals surface area contributed by atoms with Gasteiger partial charge >= 0.3 is 41.6 Å². The van der Waals surface area contributed by atoms with Crippen LogP contribution in [-0.4, -0.2) is 55.2 Å². The fourth-order valence-corrected chi connectivity index (χ4v) is 4.15. The Morgan fingerprint density at radius 1 is 1.28 bits per heavy atom. The summed E-state index contributed by atoms with van der Waals surface area (Å²) in [6, 6.07) is 1.86. The molecule has 0 spiro atoms. The maximum absolute atomic E-state index is 12.3. The van der Waals surface area contributed by atoms with Crippen LogP contribution >= 0.6 is 11.3 Å². The largest absolute Gasteiger partial charge is 1.00 e. The van der Waals surface area contributed by atoms with Crippen LogP contribution in [0.3, 0.4) is 0 Å². The number of nitrogens with zero attached hydrogens (tertiary/aromatic N) is 2. The minimum atomic E-state index is -0.513. The number of carbonyl (C=O) groups excluding carboxylic acids is 3. The van der Waals surface area contributed by atoms with Crippen molar-refractivity contribution in [3.05, 3.63) is 15.8 Å². The summed E-state index contributed by atoms with van der Waals surface area (Å²) in [5.41, 5.74) is 0.0944. The molecule has 1 aliphatic rings. The van der Waals surface area contributed by atoms with Gasteiger partial charge in [-0.1, -0.05) is 0 Å². The predicted molar refractivity (Wildman–Crippen MR) is 110 cm³/mol. The Bertz CT molecular complexity index is 742. The smallest absolute Gasteiger partial charge is 1.00 e. The summed E-state index contributed by atoms with van der Waals surface area (Å²) in [7, 11) is 1.34. The zero-order chi connectivity index (χ0) is 21.1. The molecular weight excluding hydrogens is 403 g/mol. The molecule has 7 nitrogen and oxygen atoms in total. The van der Waals surface area contributed by atoms with Gasteiger partial charge in [-0.15, -0.1) is 11.3 Å². The van der Waals surface area contributed by atoms with Gasteiger partial charge in [0.2, 0.25) is 5.91 Å². The number of likely N-dealkylation sites (tertiary alicyclic amines) is 1. The molecular formula is C20H31N2NaO5S. The summed E-state index contributed by atoms with van der Waals surface area (Å²) in [5.74, 6) is -0.301. The number of rotatable bonds is 4. The van der Waals surface area contributed by atoms with Gasteiger partial charge < -0.3 is 20.7 Å². The number of ether oxygens (including phenoxy) is 2. The molecule has 0 aliphatic carbocycles. The number of anilines is 1. The second kappa shape index (κ2) is 10.8. The summed E-state index contributed by atoms with van der Waals surface area (Å²) in [6.07, 6.45) is 1.26. The second-order valence-electron chi connectivity index (χ2n) is 8.10. The van der Waals surface area contributed by atoms with E-state index < -0.39 is 11.6 Å². The van der Waals surface area contributed by atoms with Gasteiger partial charge in [-0.2, -0.15) is 0 Å². The number of thiophene rings is 1. The van der Waals surface area contributed by atoms with E-state index in [2.05, 4.69) is 0 Å². The number of amides is 2. The molecule has 2 amide bonds. The standard InChI is InChI=1S/C20H30N2O5S.Na.H/c1-13-11-16(17(28-13)18(24)26-6)22(14(2)23)12-15-7-9-21(10-8-15)19(25)27-20(3,4)5;;/h11,15H,7-10,12H2,1-6H3;;/q;+1;-1. The molecule has 29 heavy (non-hydrogen) atoms. The number of hydrogen-bond acceptors (Lipinski definition) is 6. The first-order chi connectivity index (χ1) is 13.0. The first kappa shape index (κ1) is 25.9. The number of esters is 1. The predicted octanol–water partition coefficient (Wildman–Crippen LogP) is 0.960. The normalized spacial score (nSPS) is 14.8. The minimum Gasteiger partial charge on any atom is -1.00 e. The molecule has 0 radical (unpaired) electrons. The van der Waals surface area contributed by atoms with Crippen LogP contribution in [0.2, 0.25) is 0 Å². The Kier molecular flexibility index (Phi) is 9.66. The third kappa shape index (κ3) is 7.27. The number of methoxy groups -OCH3 is 1. The Morgan fingerprint density at radius 3 is 2.34 bits per heavy atom. The van der Waals surface area contributed by atoms with Gasteiger partial charge in [0.15, 0.2) is 0 Å². The first-order valence-electron chi connectivity index (χ1n) is 9.46. The van der Waals surface area contributed by atoms with E-state index in [1.165, 1.54) is 25.4 Å². The fourth-order valence-electron chi connectivity index (χ4n) is 3.22. The van der Waals surface area contributed by atoms with Gasteiger partial charge in [-0.05, 0) is 52.5 Å². The number of hydrogen-bond donors (Lipinski definition) is 0. The van der Waals surface area contributed by atoms with Crippen molar-refractivity contribution in [2.24, 2.45) is 5.92 Å². The van der Waals surface area contributed by atoms with Crippen LogP contribution in [0.25, 0.3) is 0 Å². The maximum Gasteiger partial charge on any atom is 1.00 e. The molecule has 2 heterocycles. The molecule has 158 valence electrons. The number of carbonyl (C=O) groups is 3. The van der Waals surface area contributed by atoms with Crippen molar-refractivity contribution in [3.8, 4) is 0 Å². The van der Waals surface area contributed by atoms with E-state index in [1.807, 2.05) is 33.8 Å². The minimum absolute atomic E-state index is 0. The molecule has 1 aliphatic heterocycles. The van der Waals surface area contributed by atoms with E-state index in [1.54, 1.807) is 9.80 Å². The summed E-state index contributed by atoms with van der Waals surface area (Å²) in [4.78, 5) is 41.4. The van der Waals surface area contributed by atoms with Gasteiger partial charge in [0.25, 0.3) is 0 Å². The molecule has 0 bridgehead atoms. The van der Waals surface area contributed by atoms with Gasteiger partial charge in [0.05, 0.1) is 12.8 Å². The van der Waals surface area contributed by atoms with Crippen LogP contribution in [-0.2, 0) is 14.3 Å². The molecule has 2 rings (SSSR count). The van der Waals surface area contributed by atoms with Crippen LogP contribution in [0.5, 0.6) is 0 Å². The molecule has 9 heteroatoms. The van der Waals surface area contributed by atoms with Crippen LogP contribution in [0, 0.1) is 12.8 Å². The van der Waals surface area contributed by atoms with Crippen molar-refractivity contribution >= 4 is 35.0 Å². The van der Waals surface area contributed by atoms with Crippen molar-refractivity contribution in [2.45, 2.75) is 53.1 Å². The molecule has 1 aromatic heterocycles. The van der Waals surface area contributed by atoms with Crippen molar-refractivity contribution < 1.29 is 54.8 Å². The Balaban J connectivity index is 0.00000420. The zero-order valence-electron chi connectivity index (χ0n) is 19.5. The average molecular weight is 435 g/mol. The zero-order valence-corrected chi connectivity index (χ0v) is 21.4. The monoisotopic (exact) mass is 434 g/mol. The van der Waals surface area contributed by atoms with E-state index >= 15 is 0 Å². The van der Waals surface area contributed by atoms with Crippen molar-refractivity contribution in [1.29, 1.82) is 0 Å². The topological polar surface area (TPSA) is 76.2 Å². The Morgan fingerprint density at radius 2 is 1.86 bits per heavy atom. The van der Waals surface area contributed by atoms with Gasteiger partial charge in [0.1, 0.15) is 10.5 Å². The molecule has 0 atom stereocenters. The van der Waals surface area contributed by atoms with Crippen LogP contribution in [0.1, 0.15) is 56.5 Å². The van der Waals surface area contributed by atoms with E-state index in [0.717, 1.165) is 17.7 Å². The van der Waals surface area contributed by atoms with Gasteiger partial charge in [-0.25, -0.2) is 9.59 Å². The molecule has 0 aromatic carbocycles. The average Bonchev–Trinajstić information content (AvgIpc) is 2.99. The van der Waals surface area contributed by atoms with Crippen molar-refractivity contribution in [1.82, 2.24) is 4.90 Å². The summed E-state index contributed by atoms with van der Waals surface area (Å²) >= 11 is 1.33. The third-order valence-electron chi connectivity index (χ3n) is 4.58. The molecule has 0 N–H and O–H groups in total. The molecule has 1 fully saturated rings. The van der Waals surface area contributed by atoms with Crippen molar-refractivity contribution in [2.75, 3.05) is 31.6 Å². The Labute approximate surface area is 200 Å². The van der Waals surface area contributed by atoms with Crippen molar-refractivity contribution in [3.63, 3.8) is 0 Å². The van der Waals surface area contributed by atoms with Crippen LogP contribution in [0.15, 0.2) is 6.07 Å². The third-order valence-corrected chi connectivity index (χ3v) is 5.60. The van der Waals surface area contributed by atoms with E-state index in [9.17, 15) is 14.4 Å².